The third kappa shape index (κ3) is 3.60. The third-order valence-electron chi connectivity index (χ3n) is 3.49. The van der Waals surface area contributed by atoms with E-state index in [9.17, 15) is 4.79 Å². The lowest BCUT2D eigenvalue weighted by molar-refractivity contribution is -0.142. The predicted molar refractivity (Wildman–Crippen MR) is 99.4 cm³/mol. The first-order chi connectivity index (χ1) is 11.7. The van der Waals surface area contributed by atoms with E-state index in [1.807, 2.05) is 32.0 Å². The highest BCUT2D eigenvalue weighted by atomic mass is 32.2. The van der Waals surface area contributed by atoms with Crippen molar-refractivity contribution in [3.05, 3.63) is 42.0 Å². The summed E-state index contributed by atoms with van der Waals surface area (Å²) in [5, 5.41) is 3.62. The maximum Gasteiger partial charge on any atom is 0.319 e. The van der Waals surface area contributed by atoms with Crippen molar-refractivity contribution in [3.63, 3.8) is 0 Å². The molecule has 2 aromatic heterocycles. The van der Waals surface area contributed by atoms with Gasteiger partial charge in [0, 0.05) is 10.9 Å². The van der Waals surface area contributed by atoms with Gasteiger partial charge in [-0.05, 0) is 18.9 Å². The normalized spacial score (nSPS) is 12.2. The maximum absolute atomic E-state index is 12.1. The van der Waals surface area contributed by atoms with Crippen LogP contribution in [0.2, 0.25) is 0 Å². The van der Waals surface area contributed by atoms with Gasteiger partial charge in [0.05, 0.1) is 12.0 Å². The molecular weight excluding hydrogens is 340 g/mol. The lowest BCUT2D eigenvalue weighted by Gasteiger charge is -2.11. The lowest BCUT2D eigenvalue weighted by atomic mass is 10.1. The fraction of sp³-hybridized carbons (Fsp3) is 0.278. The third-order valence-corrected chi connectivity index (χ3v) is 5.45. The SMILES string of the molecule is CCCOC(=O)[C@@H](C)Sc1ncnc2scc(-c3ccccc3)c12. The van der Waals surface area contributed by atoms with Gasteiger partial charge < -0.3 is 4.74 Å². The fourth-order valence-corrected chi connectivity index (χ4v) is 4.21. The number of fused-ring (bicyclic) bond motifs is 1. The van der Waals surface area contributed by atoms with Gasteiger partial charge in [-0.25, -0.2) is 9.97 Å². The molecule has 0 saturated carbocycles. The lowest BCUT2D eigenvalue weighted by Crippen LogP contribution is -2.17. The number of thiophene rings is 1. The quantitative estimate of drug-likeness (QED) is 0.360. The fourth-order valence-electron chi connectivity index (χ4n) is 2.30. The monoisotopic (exact) mass is 358 g/mol. The van der Waals surface area contributed by atoms with E-state index in [-0.39, 0.29) is 11.2 Å². The van der Waals surface area contributed by atoms with Crippen molar-refractivity contribution in [2.45, 2.75) is 30.5 Å². The number of hydrogen-bond donors (Lipinski definition) is 0. The summed E-state index contributed by atoms with van der Waals surface area (Å²) in [4.78, 5) is 21.8. The van der Waals surface area contributed by atoms with Crippen LogP contribution in [0, 0.1) is 0 Å². The number of nitrogens with zero attached hydrogens (tertiary/aromatic N) is 2. The molecule has 3 rings (SSSR count). The van der Waals surface area contributed by atoms with Crippen LogP contribution in [0.1, 0.15) is 20.3 Å². The molecular formula is C18H18N2O2S2. The summed E-state index contributed by atoms with van der Waals surface area (Å²) in [5.74, 6) is -0.204. The van der Waals surface area contributed by atoms with Crippen molar-refractivity contribution in [2.24, 2.45) is 0 Å². The second-order valence-electron chi connectivity index (χ2n) is 5.30. The average molecular weight is 358 g/mol. The number of benzene rings is 1. The van der Waals surface area contributed by atoms with Gasteiger partial charge in [0.1, 0.15) is 21.4 Å². The summed E-state index contributed by atoms with van der Waals surface area (Å²) in [5.41, 5.74) is 2.23. The van der Waals surface area contributed by atoms with Gasteiger partial charge in [-0.2, -0.15) is 0 Å². The van der Waals surface area contributed by atoms with Gasteiger partial charge in [-0.1, -0.05) is 49.0 Å². The number of carbonyl (C=O) groups is 1. The van der Waals surface area contributed by atoms with E-state index in [0.717, 1.165) is 32.8 Å². The van der Waals surface area contributed by atoms with E-state index in [1.54, 1.807) is 17.7 Å². The van der Waals surface area contributed by atoms with E-state index in [2.05, 4.69) is 27.5 Å². The van der Waals surface area contributed by atoms with Gasteiger partial charge in [-0.15, -0.1) is 11.3 Å². The highest BCUT2D eigenvalue weighted by molar-refractivity contribution is 8.00. The van der Waals surface area contributed by atoms with Crippen LogP contribution in [0.15, 0.2) is 47.1 Å². The van der Waals surface area contributed by atoms with E-state index in [1.165, 1.54) is 11.8 Å². The van der Waals surface area contributed by atoms with E-state index < -0.39 is 0 Å². The standard InChI is InChI=1S/C18H18N2O2S2/c1-3-9-22-18(21)12(2)24-17-15-14(13-7-5-4-6-8-13)10-23-16(15)19-11-20-17/h4-8,10-12H,3,9H2,1-2H3/t12-/m1/s1. The van der Waals surface area contributed by atoms with E-state index in [0.29, 0.717) is 6.61 Å². The number of carbonyl (C=O) groups excluding carboxylic acids is 1. The largest absolute Gasteiger partial charge is 0.465 e. The van der Waals surface area contributed by atoms with Crippen molar-refractivity contribution < 1.29 is 9.53 Å². The van der Waals surface area contributed by atoms with Crippen LogP contribution in [-0.2, 0) is 9.53 Å². The molecule has 0 bridgehead atoms. The highest BCUT2D eigenvalue weighted by Crippen LogP contribution is 2.38. The highest BCUT2D eigenvalue weighted by Gasteiger charge is 2.20. The van der Waals surface area contributed by atoms with Gasteiger partial charge in [0.25, 0.3) is 0 Å². The van der Waals surface area contributed by atoms with Crippen LogP contribution in [0.5, 0.6) is 0 Å². The van der Waals surface area contributed by atoms with E-state index >= 15 is 0 Å². The molecule has 0 aliphatic heterocycles. The molecule has 3 aromatic rings. The molecule has 124 valence electrons. The topological polar surface area (TPSA) is 52.1 Å². The summed E-state index contributed by atoms with van der Waals surface area (Å²) in [6.07, 6.45) is 2.38. The number of rotatable bonds is 6. The molecule has 2 heterocycles. The Bertz CT molecular complexity index is 833. The molecule has 0 aliphatic carbocycles. The van der Waals surface area contributed by atoms with Gasteiger partial charge >= 0.3 is 5.97 Å². The van der Waals surface area contributed by atoms with Crippen molar-refractivity contribution in [2.75, 3.05) is 6.61 Å². The Labute approximate surface area is 149 Å². The predicted octanol–water partition coefficient (Wildman–Crippen LogP) is 4.79. The number of thioether (sulfide) groups is 1. The summed E-state index contributed by atoms with van der Waals surface area (Å²) in [6.45, 7) is 4.29. The second kappa shape index (κ2) is 7.77. The minimum absolute atomic E-state index is 0.204. The minimum atomic E-state index is -0.307. The van der Waals surface area contributed by atoms with Crippen LogP contribution in [-0.4, -0.2) is 27.8 Å². The molecule has 0 fully saturated rings. The summed E-state index contributed by atoms with van der Waals surface area (Å²) in [6, 6.07) is 10.2. The molecule has 6 heteroatoms. The Balaban J connectivity index is 1.94. The first kappa shape index (κ1) is 16.9. The summed E-state index contributed by atoms with van der Waals surface area (Å²) >= 11 is 3.02. The van der Waals surface area contributed by atoms with Crippen molar-refractivity contribution >= 4 is 39.3 Å². The molecule has 0 spiro atoms. The number of ether oxygens (including phenoxy) is 1. The molecule has 4 nitrogen and oxygen atoms in total. The number of hydrogen-bond acceptors (Lipinski definition) is 6. The average Bonchev–Trinajstić information content (AvgIpc) is 3.05. The van der Waals surface area contributed by atoms with Crippen LogP contribution < -0.4 is 0 Å². The molecule has 1 aromatic carbocycles. The van der Waals surface area contributed by atoms with Crippen molar-refractivity contribution in [1.29, 1.82) is 0 Å². The Kier molecular flexibility index (Phi) is 5.48. The van der Waals surface area contributed by atoms with Crippen LogP contribution in [0.4, 0.5) is 0 Å². The Morgan fingerprint density at radius 2 is 2.08 bits per heavy atom. The molecule has 0 amide bonds. The maximum atomic E-state index is 12.1. The molecule has 24 heavy (non-hydrogen) atoms. The Morgan fingerprint density at radius 3 is 2.83 bits per heavy atom. The summed E-state index contributed by atoms with van der Waals surface area (Å²) in [7, 11) is 0. The molecule has 0 radical (unpaired) electrons. The molecule has 1 atom stereocenters. The molecule has 0 N–H and O–H groups in total. The van der Waals surface area contributed by atoms with Gasteiger partial charge in [0.2, 0.25) is 0 Å². The zero-order valence-electron chi connectivity index (χ0n) is 13.6. The van der Waals surface area contributed by atoms with Gasteiger partial charge in [0.15, 0.2) is 0 Å². The Hall–Kier alpha value is -1.92. The number of esters is 1. The number of aromatic nitrogens is 2. The smallest absolute Gasteiger partial charge is 0.319 e. The van der Waals surface area contributed by atoms with Gasteiger partial charge in [-0.3, -0.25) is 4.79 Å². The van der Waals surface area contributed by atoms with E-state index in [4.69, 9.17) is 4.74 Å². The van der Waals surface area contributed by atoms with Crippen molar-refractivity contribution in [3.8, 4) is 11.1 Å². The summed E-state index contributed by atoms with van der Waals surface area (Å²) < 4.78 is 5.23. The zero-order valence-corrected chi connectivity index (χ0v) is 15.2. The molecule has 0 unspecified atom stereocenters. The van der Waals surface area contributed by atoms with Crippen LogP contribution in [0.3, 0.4) is 0 Å². The minimum Gasteiger partial charge on any atom is -0.465 e. The van der Waals surface area contributed by atoms with Crippen LogP contribution in [0.25, 0.3) is 21.3 Å². The second-order valence-corrected chi connectivity index (χ2v) is 7.49. The molecule has 0 aliphatic rings. The zero-order chi connectivity index (χ0) is 16.9. The molecule has 0 saturated heterocycles. The first-order valence-electron chi connectivity index (χ1n) is 7.81. The first-order valence-corrected chi connectivity index (χ1v) is 9.57. The Morgan fingerprint density at radius 1 is 1.29 bits per heavy atom. The van der Waals surface area contributed by atoms with Crippen LogP contribution >= 0.6 is 23.1 Å². The van der Waals surface area contributed by atoms with Crippen molar-refractivity contribution in [1.82, 2.24) is 9.97 Å².